The normalized spacial score (nSPS) is 19.2. The second-order valence-corrected chi connectivity index (χ2v) is 5.56. The van der Waals surface area contributed by atoms with Gasteiger partial charge in [-0.05, 0) is 75.4 Å². The Kier molecular flexibility index (Phi) is 4.97. The molecule has 19 heavy (non-hydrogen) atoms. The number of carbonyl (C=O) groups is 1. The van der Waals surface area contributed by atoms with Gasteiger partial charge in [-0.25, -0.2) is 0 Å². The smallest absolute Gasteiger partial charge is 0.251 e. The van der Waals surface area contributed by atoms with Gasteiger partial charge in [-0.3, -0.25) is 4.79 Å². The van der Waals surface area contributed by atoms with Crippen molar-refractivity contribution in [2.45, 2.75) is 33.1 Å². The van der Waals surface area contributed by atoms with E-state index in [1.807, 2.05) is 25.1 Å². The molecular formula is C16H24N2O. The maximum atomic E-state index is 12.0. The van der Waals surface area contributed by atoms with E-state index in [1.165, 1.54) is 24.0 Å². The summed E-state index contributed by atoms with van der Waals surface area (Å²) in [5.41, 5.74) is 3.17. The summed E-state index contributed by atoms with van der Waals surface area (Å²) in [6, 6.07) is 5.88. The van der Waals surface area contributed by atoms with Gasteiger partial charge < -0.3 is 10.6 Å². The average Bonchev–Trinajstić information content (AvgIpc) is 2.43. The highest BCUT2D eigenvalue weighted by molar-refractivity contribution is 5.94. The Balaban J connectivity index is 1.78. The molecule has 1 aromatic carbocycles. The predicted octanol–water partition coefficient (Wildman–Crippen LogP) is 2.42. The summed E-state index contributed by atoms with van der Waals surface area (Å²) in [5.74, 6) is 0.765. The minimum absolute atomic E-state index is 0.0480. The summed E-state index contributed by atoms with van der Waals surface area (Å²) in [5, 5.41) is 6.43. The van der Waals surface area contributed by atoms with E-state index in [9.17, 15) is 4.79 Å². The summed E-state index contributed by atoms with van der Waals surface area (Å²) >= 11 is 0. The highest BCUT2D eigenvalue weighted by Gasteiger charge is 2.13. The molecule has 1 amide bonds. The van der Waals surface area contributed by atoms with Gasteiger partial charge in [-0.1, -0.05) is 6.07 Å². The van der Waals surface area contributed by atoms with Crippen LogP contribution in [0.1, 0.15) is 40.7 Å². The van der Waals surface area contributed by atoms with Crippen LogP contribution in [0.2, 0.25) is 0 Å². The van der Waals surface area contributed by atoms with E-state index in [0.29, 0.717) is 5.92 Å². The van der Waals surface area contributed by atoms with Crippen LogP contribution in [0.15, 0.2) is 18.2 Å². The van der Waals surface area contributed by atoms with Crippen molar-refractivity contribution in [1.29, 1.82) is 0 Å². The third-order valence-corrected chi connectivity index (χ3v) is 4.01. The van der Waals surface area contributed by atoms with Gasteiger partial charge in [0.05, 0.1) is 0 Å². The molecule has 1 saturated heterocycles. The lowest BCUT2D eigenvalue weighted by Gasteiger charge is -2.22. The lowest BCUT2D eigenvalue weighted by Crippen LogP contribution is -2.33. The van der Waals surface area contributed by atoms with E-state index in [1.54, 1.807) is 0 Å². The van der Waals surface area contributed by atoms with Crippen LogP contribution in [0.3, 0.4) is 0 Å². The van der Waals surface area contributed by atoms with Gasteiger partial charge in [0, 0.05) is 12.1 Å². The SMILES string of the molecule is Cc1ccc(C(=O)NCCC2CCCNC2)cc1C. The summed E-state index contributed by atoms with van der Waals surface area (Å²) in [7, 11) is 0. The zero-order valence-corrected chi connectivity index (χ0v) is 12.0. The molecule has 0 spiro atoms. The average molecular weight is 260 g/mol. The molecule has 2 rings (SSSR count). The number of carbonyl (C=O) groups excluding carboxylic acids is 1. The zero-order chi connectivity index (χ0) is 13.7. The molecule has 0 aliphatic carbocycles. The molecule has 1 unspecified atom stereocenters. The first kappa shape index (κ1) is 14.1. The van der Waals surface area contributed by atoms with Crippen LogP contribution in [0, 0.1) is 19.8 Å². The first-order valence-corrected chi connectivity index (χ1v) is 7.23. The first-order chi connectivity index (χ1) is 9.16. The zero-order valence-electron chi connectivity index (χ0n) is 12.0. The molecule has 0 aromatic heterocycles. The number of hydrogen-bond donors (Lipinski definition) is 2. The van der Waals surface area contributed by atoms with Gasteiger partial charge in [-0.2, -0.15) is 0 Å². The van der Waals surface area contributed by atoms with E-state index in [0.717, 1.165) is 31.6 Å². The van der Waals surface area contributed by atoms with Crippen molar-refractivity contribution in [3.05, 3.63) is 34.9 Å². The topological polar surface area (TPSA) is 41.1 Å². The van der Waals surface area contributed by atoms with Crippen LogP contribution in [0.25, 0.3) is 0 Å². The van der Waals surface area contributed by atoms with Crippen LogP contribution >= 0.6 is 0 Å². The van der Waals surface area contributed by atoms with Crippen LogP contribution < -0.4 is 10.6 Å². The van der Waals surface area contributed by atoms with Crippen molar-refractivity contribution >= 4 is 5.91 Å². The first-order valence-electron chi connectivity index (χ1n) is 7.23. The summed E-state index contributed by atoms with van der Waals surface area (Å²) in [6.07, 6.45) is 3.62. The Labute approximate surface area is 115 Å². The summed E-state index contributed by atoms with van der Waals surface area (Å²) in [4.78, 5) is 12.0. The molecule has 0 saturated carbocycles. The van der Waals surface area contributed by atoms with E-state index in [4.69, 9.17) is 0 Å². The van der Waals surface area contributed by atoms with Gasteiger partial charge >= 0.3 is 0 Å². The number of amides is 1. The van der Waals surface area contributed by atoms with Crippen molar-refractivity contribution in [3.63, 3.8) is 0 Å². The highest BCUT2D eigenvalue weighted by Crippen LogP contribution is 2.13. The molecule has 1 aromatic rings. The number of nitrogens with one attached hydrogen (secondary N) is 2. The fourth-order valence-electron chi connectivity index (χ4n) is 2.54. The van der Waals surface area contributed by atoms with E-state index >= 15 is 0 Å². The monoisotopic (exact) mass is 260 g/mol. The van der Waals surface area contributed by atoms with Gasteiger partial charge in [0.15, 0.2) is 0 Å². The molecule has 2 N–H and O–H groups in total. The molecule has 1 aliphatic heterocycles. The van der Waals surface area contributed by atoms with Crippen molar-refractivity contribution in [3.8, 4) is 0 Å². The molecule has 1 aliphatic rings. The lowest BCUT2D eigenvalue weighted by molar-refractivity contribution is 0.0950. The molecule has 1 fully saturated rings. The molecule has 1 atom stereocenters. The second-order valence-electron chi connectivity index (χ2n) is 5.56. The van der Waals surface area contributed by atoms with Crippen LogP contribution in [-0.2, 0) is 0 Å². The Morgan fingerprint density at radius 3 is 2.89 bits per heavy atom. The van der Waals surface area contributed by atoms with Crippen molar-refractivity contribution in [1.82, 2.24) is 10.6 Å². The molecule has 0 bridgehead atoms. The van der Waals surface area contributed by atoms with Gasteiger partial charge in [0.2, 0.25) is 0 Å². The molecular weight excluding hydrogens is 236 g/mol. The van der Waals surface area contributed by atoms with Crippen LogP contribution in [0.4, 0.5) is 0 Å². The number of benzene rings is 1. The standard InChI is InChI=1S/C16H24N2O/c1-12-5-6-15(10-13(12)2)16(19)18-9-7-14-4-3-8-17-11-14/h5-6,10,14,17H,3-4,7-9,11H2,1-2H3,(H,18,19). The minimum Gasteiger partial charge on any atom is -0.352 e. The number of hydrogen-bond acceptors (Lipinski definition) is 2. The Morgan fingerprint density at radius 2 is 2.21 bits per heavy atom. The minimum atomic E-state index is 0.0480. The molecule has 3 heteroatoms. The maximum absolute atomic E-state index is 12.0. The third-order valence-electron chi connectivity index (χ3n) is 4.01. The van der Waals surface area contributed by atoms with Crippen LogP contribution in [-0.4, -0.2) is 25.5 Å². The predicted molar refractivity (Wildman–Crippen MR) is 78.5 cm³/mol. The quantitative estimate of drug-likeness (QED) is 0.873. The number of rotatable bonds is 4. The van der Waals surface area contributed by atoms with E-state index < -0.39 is 0 Å². The fraction of sp³-hybridized carbons (Fsp3) is 0.562. The summed E-state index contributed by atoms with van der Waals surface area (Å²) < 4.78 is 0. The number of aryl methyl sites for hydroxylation is 2. The molecule has 3 nitrogen and oxygen atoms in total. The largest absolute Gasteiger partial charge is 0.352 e. The van der Waals surface area contributed by atoms with Crippen molar-refractivity contribution in [2.24, 2.45) is 5.92 Å². The molecule has 0 radical (unpaired) electrons. The second kappa shape index (κ2) is 6.71. The highest BCUT2D eigenvalue weighted by atomic mass is 16.1. The third kappa shape index (κ3) is 4.06. The molecule has 104 valence electrons. The Bertz CT molecular complexity index is 436. The van der Waals surface area contributed by atoms with E-state index in [-0.39, 0.29) is 5.91 Å². The van der Waals surface area contributed by atoms with Gasteiger partial charge in [0.25, 0.3) is 5.91 Å². The lowest BCUT2D eigenvalue weighted by atomic mass is 9.96. The Morgan fingerprint density at radius 1 is 1.37 bits per heavy atom. The molecule has 1 heterocycles. The van der Waals surface area contributed by atoms with Crippen molar-refractivity contribution < 1.29 is 4.79 Å². The fourth-order valence-corrected chi connectivity index (χ4v) is 2.54. The van der Waals surface area contributed by atoms with Gasteiger partial charge in [0.1, 0.15) is 0 Å². The van der Waals surface area contributed by atoms with Gasteiger partial charge in [-0.15, -0.1) is 0 Å². The summed E-state index contributed by atoms with van der Waals surface area (Å²) in [6.45, 7) is 7.12. The number of piperidine rings is 1. The Hall–Kier alpha value is -1.35. The van der Waals surface area contributed by atoms with Crippen molar-refractivity contribution in [2.75, 3.05) is 19.6 Å². The van der Waals surface area contributed by atoms with Crippen LogP contribution in [0.5, 0.6) is 0 Å². The maximum Gasteiger partial charge on any atom is 0.251 e. The van der Waals surface area contributed by atoms with E-state index in [2.05, 4.69) is 17.6 Å².